The van der Waals surface area contributed by atoms with Crippen LogP contribution in [0.3, 0.4) is 0 Å². The number of nitrogens with zero attached hydrogens (tertiary/aromatic N) is 2. The second-order valence-corrected chi connectivity index (χ2v) is 8.13. The Hall–Kier alpha value is -2.93. The Labute approximate surface area is 184 Å². The van der Waals surface area contributed by atoms with Crippen molar-refractivity contribution in [3.63, 3.8) is 0 Å². The van der Waals surface area contributed by atoms with Crippen LogP contribution in [0.4, 0.5) is 4.39 Å². The Kier molecular flexibility index (Phi) is 7.28. The molecule has 0 radical (unpaired) electrons. The van der Waals surface area contributed by atoms with E-state index in [1.807, 2.05) is 13.8 Å². The van der Waals surface area contributed by atoms with E-state index in [4.69, 9.17) is 11.6 Å². The molecule has 0 spiro atoms. The van der Waals surface area contributed by atoms with Crippen molar-refractivity contribution >= 4 is 28.4 Å². The van der Waals surface area contributed by atoms with E-state index >= 15 is 0 Å². The number of aromatic nitrogens is 2. The van der Waals surface area contributed by atoms with Gasteiger partial charge in [0.25, 0.3) is 5.56 Å². The molecule has 3 aromatic rings. The van der Waals surface area contributed by atoms with Crippen molar-refractivity contribution in [3.8, 4) is 0 Å². The van der Waals surface area contributed by atoms with Crippen LogP contribution in [0.1, 0.15) is 38.7 Å². The third-order valence-electron chi connectivity index (χ3n) is 5.00. The van der Waals surface area contributed by atoms with Gasteiger partial charge >= 0.3 is 5.69 Å². The number of rotatable bonds is 8. The topological polar surface area (TPSA) is 73.1 Å². The maximum atomic E-state index is 14.4. The fourth-order valence-electron chi connectivity index (χ4n) is 3.51. The minimum atomic E-state index is -0.533. The molecule has 0 bridgehead atoms. The van der Waals surface area contributed by atoms with Crippen LogP contribution in [0, 0.1) is 5.82 Å². The highest BCUT2D eigenvalue weighted by atomic mass is 35.5. The molecular weight excluding hydrogens is 421 g/mol. The first-order valence-corrected chi connectivity index (χ1v) is 10.6. The van der Waals surface area contributed by atoms with E-state index in [1.165, 1.54) is 16.7 Å². The van der Waals surface area contributed by atoms with Gasteiger partial charge < -0.3 is 5.32 Å². The number of nitrogens with one attached hydrogen (secondary N) is 1. The highest BCUT2D eigenvalue weighted by Gasteiger charge is 2.16. The quantitative estimate of drug-likeness (QED) is 0.537. The summed E-state index contributed by atoms with van der Waals surface area (Å²) >= 11 is 6.16. The van der Waals surface area contributed by atoms with E-state index in [0.717, 1.165) is 4.57 Å². The van der Waals surface area contributed by atoms with Gasteiger partial charge in [0, 0.05) is 29.6 Å². The van der Waals surface area contributed by atoms with Gasteiger partial charge in [-0.05, 0) is 51.0 Å². The number of hydrogen-bond donors (Lipinski definition) is 1. The fraction of sp³-hybridized carbons (Fsp3) is 0.348. The number of halogens is 2. The van der Waals surface area contributed by atoms with Crippen LogP contribution in [0.25, 0.3) is 10.9 Å². The van der Waals surface area contributed by atoms with E-state index in [-0.39, 0.29) is 35.6 Å². The number of amides is 1. The maximum absolute atomic E-state index is 14.4. The van der Waals surface area contributed by atoms with E-state index in [2.05, 4.69) is 5.32 Å². The molecule has 31 heavy (non-hydrogen) atoms. The normalized spacial score (nSPS) is 11.3. The summed E-state index contributed by atoms with van der Waals surface area (Å²) in [5.41, 5.74) is -0.325. The molecule has 1 amide bonds. The predicted octanol–water partition coefficient (Wildman–Crippen LogP) is 3.70. The molecule has 1 heterocycles. The van der Waals surface area contributed by atoms with Gasteiger partial charge in [0.1, 0.15) is 5.82 Å². The first kappa shape index (κ1) is 22.7. The minimum absolute atomic E-state index is 0.0625. The largest absolute Gasteiger partial charge is 0.354 e. The number of carbonyl (C=O) groups excluding carboxylic acids is 1. The second-order valence-electron chi connectivity index (χ2n) is 7.72. The van der Waals surface area contributed by atoms with Crippen LogP contribution >= 0.6 is 11.6 Å². The summed E-state index contributed by atoms with van der Waals surface area (Å²) in [6.07, 6.45) is 1.34. The van der Waals surface area contributed by atoms with Crippen molar-refractivity contribution < 1.29 is 9.18 Å². The Morgan fingerprint density at radius 1 is 1.06 bits per heavy atom. The van der Waals surface area contributed by atoms with E-state index in [0.29, 0.717) is 30.2 Å². The van der Waals surface area contributed by atoms with Crippen LogP contribution in [0.2, 0.25) is 5.02 Å². The Balaban J connectivity index is 1.93. The molecule has 0 aliphatic carbocycles. The lowest BCUT2D eigenvalue weighted by molar-refractivity contribution is -0.121. The van der Waals surface area contributed by atoms with Crippen LogP contribution in [-0.2, 0) is 17.9 Å². The molecule has 0 unspecified atom stereocenters. The van der Waals surface area contributed by atoms with Gasteiger partial charge in [0.05, 0.1) is 17.4 Å². The summed E-state index contributed by atoms with van der Waals surface area (Å²) in [6.45, 7) is 3.85. The first-order valence-electron chi connectivity index (χ1n) is 10.2. The van der Waals surface area contributed by atoms with Crippen molar-refractivity contribution in [2.24, 2.45) is 0 Å². The molecule has 1 aromatic heterocycles. The second kappa shape index (κ2) is 9.92. The molecule has 3 rings (SSSR count). The smallest absolute Gasteiger partial charge is 0.331 e. The Bertz CT molecular complexity index is 1200. The van der Waals surface area contributed by atoms with Gasteiger partial charge in [-0.25, -0.2) is 9.18 Å². The van der Waals surface area contributed by atoms with E-state index in [1.54, 1.807) is 30.3 Å². The summed E-state index contributed by atoms with van der Waals surface area (Å²) in [5, 5.41) is 3.39. The molecule has 164 valence electrons. The minimum Gasteiger partial charge on any atom is -0.354 e. The zero-order valence-electron chi connectivity index (χ0n) is 17.5. The molecule has 1 N–H and O–H groups in total. The maximum Gasteiger partial charge on any atom is 0.331 e. The molecular formula is C23H25ClFN3O3. The predicted molar refractivity (Wildman–Crippen MR) is 120 cm³/mol. The average molecular weight is 446 g/mol. The number of fused-ring (bicyclic) bond motifs is 1. The summed E-state index contributed by atoms with van der Waals surface area (Å²) in [6, 6.07) is 11.1. The van der Waals surface area contributed by atoms with Crippen molar-refractivity contribution in [1.82, 2.24) is 14.5 Å². The van der Waals surface area contributed by atoms with Crippen molar-refractivity contribution in [2.45, 2.75) is 52.2 Å². The standard InChI is InChI=1S/C23H25ClFN3O3/c1-15(2)26-21(29)12-5-6-13-27-22(30)16-8-3-4-11-20(16)28(23(27)31)14-17-18(24)9-7-10-19(17)25/h3-4,7-11,15H,5-6,12-14H2,1-2H3,(H,26,29). The lowest BCUT2D eigenvalue weighted by Crippen LogP contribution is -2.40. The van der Waals surface area contributed by atoms with Crippen molar-refractivity contribution in [2.75, 3.05) is 0 Å². The molecule has 0 aliphatic rings. The molecule has 8 heteroatoms. The average Bonchev–Trinajstić information content (AvgIpc) is 2.72. The summed E-state index contributed by atoms with van der Waals surface area (Å²) < 4.78 is 16.9. The van der Waals surface area contributed by atoms with E-state index < -0.39 is 17.1 Å². The number of benzene rings is 2. The van der Waals surface area contributed by atoms with Gasteiger partial charge in [-0.1, -0.05) is 29.8 Å². The molecule has 6 nitrogen and oxygen atoms in total. The van der Waals surface area contributed by atoms with Crippen LogP contribution in [0.5, 0.6) is 0 Å². The van der Waals surface area contributed by atoms with E-state index in [9.17, 15) is 18.8 Å². The molecule has 0 saturated carbocycles. The third kappa shape index (κ3) is 5.22. The molecule has 0 atom stereocenters. The lowest BCUT2D eigenvalue weighted by atomic mass is 10.2. The molecule has 0 saturated heterocycles. The molecule has 0 fully saturated rings. The first-order chi connectivity index (χ1) is 14.8. The highest BCUT2D eigenvalue weighted by Crippen LogP contribution is 2.21. The van der Waals surface area contributed by atoms with Crippen LogP contribution in [0.15, 0.2) is 52.1 Å². The number of hydrogen-bond acceptors (Lipinski definition) is 3. The van der Waals surface area contributed by atoms with Gasteiger partial charge in [0.2, 0.25) is 5.91 Å². The van der Waals surface area contributed by atoms with Gasteiger partial charge in [-0.3, -0.25) is 18.7 Å². The fourth-order valence-corrected chi connectivity index (χ4v) is 3.73. The van der Waals surface area contributed by atoms with Crippen LogP contribution in [-0.4, -0.2) is 21.1 Å². The molecule has 2 aromatic carbocycles. The SMILES string of the molecule is CC(C)NC(=O)CCCCn1c(=O)c2ccccc2n(Cc2c(F)cccc2Cl)c1=O. The van der Waals surface area contributed by atoms with Crippen molar-refractivity contribution in [3.05, 3.63) is 79.7 Å². The zero-order chi connectivity index (χ0) is 22.5. The number of carbonyl (C=O) groups is 1. The van der Waals surface area contributed by atoms with Gasteiger partial charge in [-0.2, -0.15) is 0 Å². The zero-order valence-corrected chi connectivity index (χ0v) is 18.3. The third-order valence-corrected chi connectivity index (χ3v) is 5.35. The van der Waals surface area contributed by atoms with Crippen molar-refractivity contribution in [1.29, 1.82) is 0 Å². The number of para-hydroxylation sites is 1. The summed E-state index contributed by atoms with van der Waals surface area (Å²) in [4.78, 5) is 37.9. The number of unbranched alkanes of at least 4 members (excludes halogenated alkanes) is 1. The molecule has 0 aliphatic heterocycles. The Morgan fingerprint density at radius 2 is 1.81 bits per heavy atom. The van der Waals surface area contributed by atoms with Gasteiger partial charge in [-0.15, -0.1) is 0 Å². The van der Waals surface area contributed by atoms with Crippen LogP contribution < -0.4 is 16.6 Å². The summed E-state index contributed by atoms with van der Waals surface area (Å²) in [5.74, 6) is -0.579. The summed E-state index contributed by atoms with van der Waals surface area (Å²) in [7, 11) is 0. The lowest BCUT2D eigenvalue weighted by Gasteiger charge is -2.15. The monoisotopic (exact) mass is 445 g/mol. The van der Waals surface area contributed by atoms with Gasteiger partial charge in [0.15, 0.2) is 0 Å². The highest BCUT2D eigenvalue weighted by molar-refractivity contribution is 6.31. The Morgan fingerprint density at radius 3 is 2.52 bits per heavy atom.